The number of hydrogen-bond acceptors (Lipinski definition) is 4. The number of amides is 1. The molecule has 1 aliphatic rings. The van der Waals surface area contributed by atoms with Crippen LogP contribution in [-0.4, -0.2) is 16.0 Å². The van der Waals surface area contributed by atoms with Crippen LogP contribution in [0.5, 0.6) is 0 Å². The largest absolute Gasteiger partial charge is 0.348 e. The number of carbonyl (C=O) groups is 1. The molecule has 0 spiro atoms. The fourth-order valence-electron chi connectivity index (χ4n) is 2.81. The summed E-state index contributed by atoms with van der Waals surface area (Å²) in [7, 11) is 0. The number of aryl methyl sites for hydroxylation is 1. The molecule has 0 radical (unpaired) electrons. The van der Waals surface area contributed by atoms with Gasteiger partial charge >= 0.3 is 0 Å². The minimum Gasteiger partial charge on any atom is -0.348 e. The lowest BCUT2D eigenvalue weighted by molar-refractivity contribution is 0.0952. The smallest absolute Gasteiger partial charge is 0.259 e. The molecule has 2 heterocycles. The minimum atomic E-state index is -0.320. The van der Waals surface area contributed by atoms with Gasteiger partial charge in [0.1, 0.15) is 5.82 Å². The van der Waals surface area contributed by atoms with E-state index in [1.54, 1.807) is 19.1 Å². The third kappa shape index (κ3) is 2.75. The van der Waals surface area contributed by atoms with Crippen LogP contribution in [0.4, 0.5) is 4.39 Å². The highest BCUT2D eigenvalue weighted by atomic mass is 19.1. The van der Waals surface area contributed by atoms with Crippen LogP contribution in [-0.2, 0) is 6.54 Å². The van der Waals surface area contributed by atoms with Gasteiger partial charge in [0.25, 0.3) is 11.6 Å². The van der Waals surface area contributed by atoms with Crippen LogP contribution in [0.25, 0.3) is 11.1 Å². The molecule has 0 unspecified atom stereocenters. The highest BCUT2D eigenvalue weighted by Crippen LogP contribution is 2.40. The SMILES string of the molecule is Cc1noc2nc(C3CC3)cc(C(=O)NCc3cccc(F)c3)c12. The van der Waals surface area contributed by atoms with Crippen molar-refractivity contribution in [1.29, 1.82) is 0 Å². The summed E-state index contributed by atoms with van der Waals surface area (Å²) >= 11 is 0. The maximum Gasteiger partial charge on any atom is 0.259 e. The van der Waals surface area contributed by atoms with Gasteiger partial charge in [0.15, 0.2) is 0 Å². The van der Waals surface area contributed by atoms with E-state index in [4.69, 9.17) is 4.52 Å². The molecule has 1 fully saturated rings. The molecular weight excluding hydrogens is 309 g/mol. The van der Waals surface area contributed by atoms with Crippen molar-refractivity contribution in [3.63, 3.8) is 0 Å². The predicted molar refractivity (Wildman–Crippen MR) is 86.1 cm³/mol. The fourth-order valence-corrected chi connectivity index (χ4v) is 2.81. The van der Waals surface area contributed by atoms with Gasteiger partial charge in [-0.15, -0.1) is 0 Å². The third-order valence-corrected chi connectivity index (χ3v) is 4.22. The quantitative estimate of drug-likeness (QED) is 0.797. The van der Waals surface area contributed by atoms with Crippen molar-refractivity contribution in [1.82, 2.24) is 15.5 Å². The Kier molecular flexibility index (Phi) is 3.52. The van der Waals surface area contributed by atoms with Crippen LogP contribution in [0.3, 0.4) is 0 Å². The molecule has 1 aliphatic carbocycles. The van der Waals surface area contributed by atoms with Gasteiger partial charge in [-0.1, -0.05) is 17.3 Å². The van der Waals surface area contributed by atoms with Crippen molar-refractivity contribution in [2.75, 3.05) is 0 Å². The van der Waals surface area contributed by atoms with Crippen LogP contribution in [0.15, 0.2) is 34.9 Å². The van der Waals surface area contributed by atoms with E-state index >= 15 is 0 Å². The average molecular weight is 325 g/mol. The normalized spacial score (nSPS) is 14.1. The number of hydrogen-bond donors (Lipinski definition) is 1. The van der Waals surface area contributed by atoms with Gasteiger partial charge in [-0.25, -0.2) is 9.37 Å². The van der Waals surface area contributed by atoms with Crippen molar-refractivity contribution < 1.29 is 13.7 Å². The maximum atomic E-state index is 13.2. The topological polar surface area (TPSA) is 68.0 Å². The molecular formula is C18H16FN3O2. The van der Waals surface area contributed by atoms with Gasteiger partial charge in [0.2, 0.25) is 0 Å². The lowest BCUT2D eigenvalue weighted by Crippen LogP contribution is -2.23. The second-order valence-corrected chi connectivity index (χ2v) is 6.13. The standard InChI is InChI=1S/C18H16FN3O2/c1-10-16-14(8-15(12-5-6-12)21-18(16)24-22-10)17(23)20-9-11-3-2-4-13(19)7-11/h2-4,7-8,12H,5-6,9H2,1H3,(H,20,23). The van der Waals surface area contributed by atoms with Gasteiger partial charge in [-0.05, 0) is 43.5 Å². The number of rotatable bonds is 4. The molecule has 2 aromatic heterocycles. The summed E-state index contributed by atoms with van der Waals surface area (Å²) in [4.78, 5) is 17.1. The molecule has 122 valence electrons. The van der Waals surface area contributed by atoms with Crippen LogP contribution < -0.4 is 5.32 Å². The van der Waals surface area contributed by atoms with Crippen molar-refractivity contribution in [2.24, 2.45) is 0 Å². The van der Waals surface area contributed by atoms with E-state index in [0.717, 1.165) is 18.5 Å². The number of fused-ring (bicyclic) bond motifs is 1. The Bertz CT molecular complexity index is 931. The minimum absolute atomic E-state index is 0.236. The Labute approximate surface area is 137 Å². The molecule has 1 aromatic carbocycles. The number of pyridine rings is 1. The van der Waals surface area contributed by atoms with E-state index in [1.165, 1.54) is 12.1 Å². The first-order valence-electron chi connectivity index (χ1n) is 7.91. The van der Waals surface area contributed by atoms with Crippen LogP contribution in [0, 0.1) is 12.7 Å². The Balaban J connectivity index is 1.64. The molecule has 0 saturated heterocycles. The molecule has 4 rings (SSSR count). The first-order chi connectivity index (χ1) is 11.6. The van der Waals surface area contributed by atoms with Crippen molar-refractivity contribution in [3.05, 3.63) is 58.7 Å². The second kappa shape index (κ2) is 5.70. The summed E-state index contributed by atoms with van der Waals surface area (Å²) in [5.41, 5.74) is 3.12. The van der Waals surface area contributed by atoms with E-state index in [2.05, 4.69) is 15.5 Å². The Hall–Kier alpha value is -2.76. The van der Waals surface area contributed by atoms with Gasteiger partial charge in [-0.3, -0.25) is 4.79 Å². The van der Waals surface area contributed by atoms with E-state index in [0.29, 0.717) is 33.8 Å². The predicted octanol–water partition coefficient (Wildman–Crippen LogP) is 3.48. The summed E-state index contributed by atoms with van der Waals surface area (Å²) in [5, 5.41) is 7.39. The maximum absolute atomic E-state index is 13.2. The number of benzene rings is 1. The van der Waals surface area contributed by atoms with Gasteiger partial charge < -0.3 is 9.84 Å². The van der Waals surface area contributed by atoms with Crippen molar-refractivity contribution in [2.45, 2.75) is 32.2 Å². The van der Waals surface area contributed by atoms with Gasteiger partial charge in [0, 0.05) is 18.2 Å². The zero-order valence-electron chi connectivity index (χ0n) is 13.2. The number of nitrogens with zero attached hydrogens (tertiary/aromatic N) is 2. The van der Waals surface area contributed by atoms with Crippen molar-refractivity contribution in [3.8, 4) is 0 Å². The number of carbonyl (C=O) groups excluding carboxylic acids is 1. The lowest BCUT2D eigenvalue weighted by Gasteiger charge is -2.08. The monoisotopic (exact) mass is 325 g/mol. The molecule has 6 heteroatoms. The Morgan fingerprint density at radius 3 is 2.96 bits per heavy atom. The fraction of sp³-hybridized carbons (Fsp3) is 0.278. The first kappa shape index (κ1) is 14.8. The molecule has 24 heavy (non-hydrogen) atoms. The Morgan fingerprint density at radius 1 is 1.38 bits per heavy atom. The Morgan fingerprint density at radius 2 is 2.21 bits per heavy atom. The molecule has 1 saturated carbocycles. The number of aromatic nitrogens is 2. The van der Waals surface area contributed by atoms with Crippen LogP contribution in [0.1, 0.15) is 46.1 Å². The summed E-state index contributed by atoms with van der Waals surface area (Å²) in [6.07, 6.45) is 2.16. The van der Waals surface area contributed by atoms with E-state index in [-0.39, 0.29) is 18.3 Å². The second-order valence-electron chi connectivity index (χ2n) is 6.13. The molecule has 3 aromatic rings. The number of halogens is 1. The summed E-state index contributed by atoms with van der Waals surface area (Å²) in [6, 6.07) is 8.00. The first-order valence-corrected chi connectivity index (χ1v) is 7.91. The summed E-state index contributed by atoms with van der Waals surface area (Å²) in [5.74, 6) is -0.159. The zero-order valence-corrected chi connectivity index (χ0v) is 13.2. The molecule has 0 bridgehead atoms. The summed E-state index contributed by atoms with van der Waals surface area (Å²) < 4.78 is 18.5. The third-order valence-electron chi connectivity index (χ3n) is 4.22. The molecule has 0 aliphatic heterocycles. The lowest BCUT2D eigenvalue weighted by atomic mass is 10.1. The number of nitrogens with one attached hydrogen (secondary N) is 1. The van der Waals surface area contributed by atoms with Gasteiger partial charge in [0.05, 0.1) is 16.6 Å². The van der Waals surface area contributed by atoms with E-state index < -0.39 is 0 Å². The summed E-state index contributed by atoms with van der Waals surface area (Å²) in [6.45, 7) is 2.04. The van der Waals surface area contributed by atoms with E-state index in [9.17, 15) is 9.18 Å². The van der Waals surface area contributed by atoms with Crippen LogP contribution >= 0.6 is 0 Å². The highest BCUT2D eigenvalue weighted by molar-refractivity contribution is 6.06. The molecule has 5 nitrogen and oxygen atoms in total. The van der Waals surface area contributed by atoms with Crippen LogP contribution in [0.2, 0.25) is 0 Å². The van der Waals surface area contributed by atoms with E-state index in [1.807, 2.05) is 6.07 Å². The molecule has 1 amide bonds. The van der Waals surface area contributed by atoms with Gasteiger partial charge in [-0.2, -0.15) is 0 Å². The molecule has 1 N–H and O–H groups in total. The highest BCUT2D eigenvalue weighted by Gasteiger charge is 2.28. The zero-order chi connectivity index (χ0) is 16.7. The molecule has 0 atom stereocenters. The van der Waals surface area contributed by atoms with Crippen molar-refractivity contribution >= 4 is 17.0 Å². The average Bonchev–Trinajstić information content (AvgIpc) is 3.36.